The fourth-order valence-electron chi connectivity index (χ4n) is 1.70. The van der Waals surface area contributed by atoms with Gasteiger partial charge in [0.05, 0.1) is 0 Å². The van der Waals surface area contributed by atoms with Gasteiger partial charge in [-0.15, -0.1) is 24.0 Å². The fraction of sp³-hybridized carbons (Fsp3) is 0.467. The number of rotatable bonds is 6. The van der Waals surface area contributed by atoms with Crippen LogP contribution in [0.25, 0.3) is 0 Å². The number of carbonyl (C=O) groups is 1. The lowest BCUT2D eigenvalue weighted by Crippen LogP contribution is -2.37. The van der Waals surface area contributed by atoms with Crippen LogP contribution in [0.5, 0.6) is 0 Å². The normalized spacial score (nSPS) is 10.6. The highest BCUT2D eigenvalue weighted by Crippen LogP contribution is 2.06. The van der Waals surface area contributed by atoms with Gasteiger partial charge in [-0.05, 0) is 24.0 Å². The summed E-state index contributed by atoms with van der Waals surface area (Å²) in [5.41, 5.74) is 1.81. The quantitative estimate of drug-likeness (QED) is 0.310. The molecule has 7 heteroatoms. The molecule has 1 rings (SSSR count). The topological polar surface area (TPSA) is 56.7 Å². The SMILES string of the molecule is CN=C(NCCSC)NCc1ccc(C(=O)N(C)C)cc1.I. The van der Waals surface area contributed by atoms with Gasteiger partial charge in [-0.2, -0.15) is 11.8 Å². The van der Waals surface area contributed by atoms with E-state index in [2.05, 4.69) is 21.9 Å². The maximum atomic E-state index is 11.8. The van der Waals surface area contributed by atoms with E-state index in [0.29, 0.717) is 12.1 Å². The summed E-state index contributed by atoms with van der Waals surface area (Å²) in [5.74, 6) is 1.85. The molecule has 0 aliphatic rings. The minimum atomic E-state index is 0. The first-order chi connectivity index (χ1) is 10.1. The number of nitrogens with one attached hydrogen (secondary N) is 2. The molecule has 5 nitrogen and oxygen atoms in total. The second kappa shape index (κ2) is 11.6. The zero-order valence-electron chi connectivity index (χ0n) is 13.5. The summed E-state index contributed by atoms with van der Waals surface area (Å²) in [6, 6.07) is 7.62. The molecule has 0 heterocycles. The predicted molar refractivity (Wildman–Crippen MR) is 106 cm³/mol. The number of halogens is 1. The molecule has 1 amide bonds. The van der Waals surface area contributed by atoms with Gasteiger partial charge in [-0.25, -0.2) is 0 Å². The molecule has 0 saturated heterocycles. The summed E-state index contributed by atoms with van der Waals surface area (Å²) in [6.45, 7) is 1.56. The predicted octanol–water partition coefficient (Wildman–Crippen LogP) is 2.03. The van der Waals surface area contributed by atoms with Crippen molar-refractivity contribution in [3.05, 3.63) is 35.4 Å². The molecule has 0 aliphatic heterocycles. The summed E-state index contributed by atoms with van der Waals surface area (Å²) in [4.78, 5) is 17.5. The van der Waals surface area contributed by atoms with Crippen LogP contribution in [0.3, 0.4) is 0 Å². The van der Waals surface area contributed by atoms with Crippen LogP contribution in [-0.4, -0.2) is 56.5 Å². The number of carbonyl (C=O) groups excluding carboxylic acids is 1. The summed E-state index contributed by atoms with van der Waals surface area (Å²) in [7, 11) is 5.26. The highest BCUT2D eigenvalue weighted by molar-refractivity contribution is 14.0. The van der Waals surface area contributed by atoms with E-state index >= 15 is 0 Å². The van der Waals surface area contributed by atoms with Crippen molar-refractivity contribution in [2.75, 3.05) is 39.7 Å². The number of benzene rings is 1. The highest BCUT2D eigenvalue weighted by Gasteiger charge is 2.07. The molecule has 0 unspecified atom stereocenters. The zero-order valence-corrected chi connectivity index (χ0v) is 16.7. The lowest BCUT2D eigenvalue weighted by atomic mass is 10.1. The first kappa shape index (κ1) is 21.0. The Bertz CT molecular complexity index is 477. The van der Waals surface area contributed by atoms with Gasteiger partial charge in [0, 0.05) is 45.5 Å². The largest absolute Gasteiger partial charge is 0.356 e. The smallest absolute Gasteiger partial charge is 0.253 e. The maximum absolute atomic E-state index is 11.8. The average Bonchev–Trinajstić information content (AvgIpc) is 2.50. The molecule has 0 aromatic heterocycles. The first-order valence-electron chi connectivity index (χ1n) is 6.82. The molecule has 1 aromatic rings. The zero-order chi connectivity index (χ0) is 15.7. The van der Waals surface area contributed by atoms with E-state index < -0.39 is 0 Å². The van der Waals surface area contributed by atoms with Gasteiger partial charge in [0.25, 0.3) is 5.91 Å². The Balaban J connectivity index is 0.00000441. The van der Waals surface area contributed by atoms with E-state index in [9.17, 15) is 4.79 Å². The van der Waals surface area contributed by atoms with Crippen LogP contribution < -0.4 is 10.6 Å². The number of thioether (sulfide) groups is 1. The third-order valence-corrected chi connectivity index (χ3v) is 3.50. The maximum Gasteiger partial charge on any atom is 0.253 e. The Morgan fingerprint density at radius 3 is 2.36 bits per heavy atom. The summed E-state index contributed by atoms with van der Waals surface area (Å²) in [5, 5.41) is 6.49. The van der Waals surface area contributed by atoms with Crippen LogP contribution in [0.4, 0.5) is 0 Å². The van der Waals surface area contributed by atoms with Gasteiger partial charge in [-0.3, -0.25) is 9.79 Å². The molecule has 0 atom stereocenters. The molecule has 22 heavy (non-hydrogen) atoms. The molecule has 0 bridgehead atoms. The number of guanidine groups is 1. The molecule has 0 radical (unpaired) electrons. The van der Waals surface area contributed by atoms with Crippen LogP contribution in [-0.2, 0) is 6.54 Å². The number of aliphatic imine (C=N–C) groups is 1. The second-order valence-corrected chi connectivity index (χ2v) is 5.73. The molecule has 0 fully saturated rings. The van der Waals surface area contributed by atoms with Crippen LogP contribution in [0.1, 0.15) is 15.9 Å². The highest BCUT2D eigenvalue weighted by atomic mass is 127. The molecule has 1 aromatic carbocycles. The van der Waals surface area contributed by atoms with Gasteiger partial charge in [0.15, 0.2) is 5.96 Å². The minimum Gasteiger partial charge on any atom is -0.356 e. The van der Waals surface area contributed by atoms with Crippen molar-refractivity contribution in [2.24, 2.45) is 4.99 Å². The molecule has 0 saturated carbocycles. The standard InChI is InChI=1S/C15H24N4OS.HI/c1-16-15(17-9-10-21-4)18-11-12-5-7-13(8-6-12)14(20)19(2)3;/h5-8H,9-11H2,1-4H3,(H2,16,17,18);1H. The molecule has 124 valence electrons. The van der Waals surface area contributed by atoms with Crippen LogP contribution >= 0.6 is 35.7 Å². The van der Waals surface area contributed by atoms with Crippen molar-refractivity contribution in [2.45, 2.75) is 6.54 Å². The average molecular weight is 436 g/mol. The fourth-order valence-corrected chi connectivity index (χ4v) is 2.01. The van der Waals surface area contributed by atoms with Crippen molar-refractivity contribution in [1.82, 2.24) is 15.5 Å². The van der Waals surface area contributed by atoms with Crippen molar-refractivity contribution < 1.29 is 4.79 Å². The summed E-state index contributed by atoms with van der Waals surface area (Å²) < 4.78 is 0. The number of amides is 1. The van der Waals surface area contributed by atoms with Crippen LogP contribution in [0, 0.1) is 0 Å². The van der Waals surface area contributed by atoms with Crippen molar-refractivity contribution >= 4 is 47.6 Å². The van der Waals surface area contributed by atoms with Crippen LogP contribution in [0.2, 0.25) is 0 Å². The van der Waals surface area contributed by atoms with Crippen LogP contribution in [0.15, 0.2) is 29.3 Å². The molecule has 0 aliphatic carbocycles. The third kappa shape index (κ3) is 7.35. The number of hydrogen-bond donors (Lipinski definition) is 2. The number of nitrogens with zero attached hydrogens (tertiary/aromatic N) is 2. The van der Waals surface area contributed by atoms with Gasteiger partial charge < -0.3 is 15.5 Å². The second-order valence-electron chi connectivity index (χ2n) is 4.74. The summed E-state index contributed by atoms with van der Waals surface area (Å²) in [6.07, 6.45) is 2.08. The Kier molecular flexibility index (Phi) is 11.1. The lowest BCUT2D eigenvalue weighted by Gasteiger charge is -2.12. The Hall–Kier alpha value is -0.960. The van der Waals surface area contributed by atoms with Gasteiger partial charge in [0.2, 0.25) is 0 Å². The Labute approximate surface area is 154 Å². The lowest BCUT2D eigenvalue weighted by molar-refractivity contribution is 0.0827. The van der Waals surface area contributed by atoms with Gasteiger partial charge in [-0.1, -0.05) is 12.1 Å². The van der Waals surface area contributed by atoms with E-state index in [-0.39, 0.29) is 29.9 Å². The van der Waals surface area contributed by atoms with E-state index in [4.69, 9.17) is 0 Å². The summed E-state index contributed by atoms with van der Waals surface area (Å²) >= 11 is 1.79. The van der Waals surface area contributed by atoms with Gasteiger partial charge in [0.1, 0.15) is 0 Å². The van der Waals surface area contributed by atoms with E-state index in [1.165, 1.54) is 0 Å². The van der Waals surface area contributed by atoms with E-state index in [0.717, 1.165) is 23.8 Å². The number of hydrogen-bond acceptors (Lipinski definition) is 3. The Morgan fingerprint density at radius 1 is 1.23 bits per heavy atom. The van der Waals surface area contributed by atoms with E-state index in [1.807, 2.05) is 24.3 Å². The van der Waals surface area contributed by atoms with Crippen molar-refractivity contribution in [1.29, 1.82) is 0 Å². The third-order valence-electron chi connectivity index (χ3n) is 2.89. The Morgan fingerprint density at radius 2 is 1.86 bits per heavy atom. The molecular formula is C15H25IN4OS. The minimum absolute atomic E-state index is 0. The molecule has 2 N–H and O–H groups in total. The monoisotopic (exact) mass is 436 g/mol. The van der Waals surface area contributed by atoms with Crippen molar-refractivity contribution in [3.8, 4) is 0 Å². The first-order valence-corrected chi connectivity index (χ1v) is 8.22. The molecule has 0 spiro atoms. The van der Waals surface area contributed by atoms with E-state index in [1.54, 1.807) is 37.8 Å². The van der Waals surface area contributed by atoms with Gasteiger partial charge >= 0.3 is 0 Å². The van der Waals surface area contributed by atoms with Crippen molar-refractivity contribution in [3.63, 3.8) is 0 Å². The molecular weight excluding hydrogens is 411 g/mol.